The molecule has 0 aliphatic rings. The lowest BCUT2D eigenvalue weighted by Gasteiger charge is -2.13. The maximum Gasteiger partial charge on any atom is 0.319 e. The van der Waals surface area contributed by atoms with Crippen molar-refractivity contribution < 1.29 is 14.6 Å². The van der Waals surface area contributed by atoms with Crippen LogP contribution in [-0.4, -0.2) is 23.4 Å². The van der Waals surface area contributed by atoms with Crippen LogP contribution in [0.15, 0.2) is 29.2 Å². The number of thioether (sulfide) groups is 1. The Morgan fingerprint density at radius 3 is 2.88 bits per heavy atom. The minimum Gasteiger partial charge on any atom is -0.508 e. The van der Waals surface area contributed by atoms with Crippen LogP contribution in [-0.2, 0) is 9.53 Å². The molecule has 94 valence electrons. The normalized spacial score (nSPS) is 12.1. The number of aromatic hydroxyl groups is 1. The van der Waals surface area contributed by atoms with Gasteiger partial charge in [-0.25, -0.2) is 0 Å². The van der Waals surface area contributed by atoms with E-state index in [0.29, 0.717) is 0 Å². The van der Waals surface area contributed by atoms with E-state index in [1.165, 1.54) is 18.9 Å². The molecule has 0 spiro atoms. The summed E-state index contributed by atoms with van der Waals surface area (Å²) in [5.41, 5.74) is 0. The molecule has 0 saturated heterocycles. The van der Waals surface area contributed by atoms with Crippen LogP contribution in [0, 0.1) is 0 Å². The van der Waals surface area contributed by atoms with Gasteiger partial charge < -0.3 is 9.84 Å². The van der Waals surface area contributed by atoms with Gasteiger partial charge in [0.2, 0.25) is 0 Å². The molecule has 1 N–H and O–H groups in total. The summed E-state index contributed by atoms with van der Waals surface area (Å²) < 4.78 is 4.79. The third kappa shape index (κ3) is 4.69. The summed E-state index contributed by atoms with van der Waals surface area (Å²) >= 11 is 1.44. The summed E-state index contributed by atoms with van der Waals surface area (Å²) in [6, 6.07) is 6.92. The number of carbonyl (C=O) groups is 1. The quantitative estimate of drug-likeness (QED) is 0.625. The van der Waals surface area contributed by atoms with Crippen molar-refractivity contribution in [2.45, 2.75) is 36.3 Å². The first-order valence-electron chi connectivity index (χ1n) is 5.71. The molecule has 0 aromatic heterocycles. The number of methoxy groups -OCH3 is 1. The van der Waals surface area contributed by atoms with Crippen molar-refractivity contribution in [2.24, 2.45) is 0 Å². The SMILES string of the molecule is CCCCC(Sc1cccc(O)c1)C(=O)OC. The highest BCUT2D eigenvalue weighted by molar-refractivity contribution is 8.00. The van der Waals surface area contributed by atoms with Crippen molar-refractivity contribution in [1.29, 1.82) is 0 Å². The molecule has 0 radical (unpaired) electrons. The van der Waals surface area contributed by atoms with E-state index in [1.54, 1.807) is 18.2 Å². The number of carbonyl (C=O) groups excluding carboxylic acids is 1. The molecule has 1 unspecified atom stereocenters. The molecule has 17 heavy (non-hydrogen) atoms. The van der Waals surface area contributed by atoms with Gasteiger partial charge in [0.05, 0.1) is 7.11 Å². The monoisotopic (exact) mass is 254 g/mol. The summed E-state index contributed by atoms with van der Waals surface area (Å²) in [7, 11) is 1.41. The molecular formula is C13H18O3S. The van der Waals surface area contributed by atoms with Gasteiger partial charge in [-0.1, -0.05) is 25.8 Å². The lowest BCUT2D eigenvalue weighted by molar-refractivity contribution is -0.140. The van der Waals surface area contributed by atoms with Crippen LogP contribution in [0.5, 0.6) is 5.75 Å². The molecule has 0 heterocycles. The van der Waals surface area contributed by atoms with E-state index in [9.17, 15) is 9.90 Å². The minimum atomic E-state index is -0.202. The third-order valence-electron chi connectivity index (χ3n) is 2.38. The molecule has 0 saturated carbocycles. The van der Waals surface area contributed by atoms with Crippen LogP contribution in [0.3, 0.4) is 0 Å². The van der Waals surface area contributed by atoms with Crippen molar-refractivity contribution in [2.75, 3.05) is 7.11 Å². The largest absolute Gasteiger partial charge is 0.508 e. The molecular weight excluding hydrogens is 236 g/mol. The van der Waals surface area contributed by atoms with Crippen molar-refractivity contribution in [3.63, 3.8) is 0 Å². The number of hydrogen-bond acceptors (Lipinski definition) is 4. The summed E-state index contributed by atoms with van der Waals surface area (Å²) in [5, 5.41) is 9.18. The Labute approximate surface area is 106 Å². The second kappa shape index (κ2) is 7.22. The molecule has 0 aliphatic carbocycles. The molecule has 0 fully saturated rings. The molecule has 0 aliphatic heterocycles. The molecule has 1 aromatic rings. The molecule has 4 heteroatoms. The van der Waals surface area contributed by atoms with Gasteiger partial charge in [0.15, 0.2) is 0 Å². The highest BCUT2D eigenvalue weighted by atomic mass is 32.2. The Bertz CT molecular complexity index is 365. The Kier molecular flexibility index (Phi) is 5.91. The zero-order chi connectivity index (χ0) is 12.7. The van der Waals surface area contributed by atoms with Gasteiger partial charge in [-0.05, 0) is 24.6 Å². The summed E-state index contributed by atoms with van der Waals surface area (Å²) in [6.45, 7) is 2.09. The van der Waals surface area contributed by atoms with E-state index < -0.39 is 0 Å². The zero-order valence-corrected chi connectivity index (χ0v) is 11.0. The predicted molar refractivity (Wildman–Crippen MR) is 69.3 cm³/mol. The van der Waals surface area contributed by atoms with Crippen LogP contribution in [0.25, 0.3) is 0 Å². The number of phenolic OH excluding ortho intramolecular Hbond substituents is 1. The smallest absolute Gasteiger partial charge is 0.319 e. The van der Waals surface area contributed by atoms with E-state index in [-0.39, 0.29) is 17.0 Å². The van der Waals surface area contributed by atoms with Crippen LogP contribution in [0.4, 0.5) is 0 Å². The molecule has 1 aromatic carbocycles. The predicted octanol–water partition coefficient (Wildman–Crippen LogP) is 3.22. The standard InChI is InChI=1S/C13H18O3S/c1-3-4-8-12(13(15)16-2)17-11-7-5-6-10(14)9-11/h5-7,9,12,14H,3-4,8H2,1-2H3. The molecule has 3 nitrogen and oxygen atoms in total. The average molecular weight is 254 g/mol. The Morgan fingerprint density at radius 2 is 2.29 bits per heavy atom. The van der Waals surface area contributed by atoms with E-state index in [4.69, 9.17) is 4.74 Å². The van der Waals surface area contributed by atoms with E-state index in [2.05, 4.69) is 6.92 Å². The first-order chi connectivity index (χ1) is 8.17. The van der Waals surface area contributed by atoms with Crippen LogP contribution in [0.2, 0.25) is 0 Å². The summed E-state index contributed by atoms with van der Waals surface area (Å²) in [4.78, 5) is 12.5. The zero-order valence-electron chi connectivity index (χ0n) is 10.2. The fourth-order valence-electron chi connectivity index (χ4n) is 1.47. The van der Waals surface area contributed by atoms with Gasteiger partial charge in [0, 0.05) is 4.90 Å². The number of esters is 1. The van der Waals surface area contributed by atoms with E-state index in [1.807, 2.05) is 6.07 Å². The molecule has 1 atom stereocenters. The van der Waals surface area contributed by atoms with Gasteiger partial charge in [0.1, 0.15) is 11.0 Å². The van der Waals surface area contributed by atoms with Gasteiger partial charge >= 0.3 is 5.97 Å². The Hall–Kier alpha value is -1.16. The van der Waals surface area contributed by atoms with E-state index >= 15 is 0 Å². The second-order valence-electron chi connectivity index (χ2n) is 3.77. The van der Waals surface area contributed by atoms with Crippen LogP contribution >= 0.6 is 11.8 Å². The topological polar surface area (TPSA) is 46.5 Å². The third-order valence-corrected chi connectivity index (χ3v) is 3.62. The fourth-order valence-corrected chi connectivity index (χ4v) is 2.62. The summed E-state index contributed by atoms with van der Waals surface area (Å²) in [6.07, 6.45) is 2.84. The number of hydrogen-bond donors (Lipinski definition) is 1. The maximum absolute atomic E-state index is 11.6. The molecule has 0 bridgehead atoms. The minimum absolute atomic E-state index is 0.193. The van der Waals surface area contributed by atoms with Gasteiger partial charge in [0.25, 0.3) is 0 Å². The summed E-state index contributed by atoms with van der Waals surface area (Å²) in [5.74, 6) is 0.0147. The number of unbranched alkanes of at least 4 members (excludes halogenated alkanes) is 1. The first kappa shape index (κ1) is 13.9. The second-order valence-corrected chi connectivity index (χ2v) is 5.05. The highest BCUT2D eigenvalue weighted by Crippen LogP contribution is 2.29. The Morgan fingerprint density at radius 1 is 1.53 bits per heavy atom. The molecule has 0 amide bonds. The fraction of sp³-hybridized carbons (Fsp3) is 0.462. The van der Waals surface area contributed by atoms with Crippen LogP contribution in [0.1, 0.15) is 26.2 Å². The van der Waals surface area contributed by atoms with E-state index in [0.717, 1.165) is 24.2 Å². The number of benzene rings is 1. The van der Waals surface area contributed by atoms with Crippen molar-refractivity contribution >= 4 is 17.7 Å². The molecule has 1 rings (SSSR count). The van der Waals surface area contributed by atoms with Crippen molar-refractivity contribution in [3.05, 3.63) is 24.3 Å². The number of rotatable bonds is 6. The Balaban J connectivity index is 2.68. The van der Waals surface area contributed by atoms with Crippen LogP contribution < -0.4 is 0 Å². The van der Waals surface area contributed by atoms with Crippen molar-refractivity contribution in [3.8, 4) is 5.75 Å². The highest BCUT2D eigenvalue weighted by Gasteiger charge is 2.19. The number of ether oxygens (including phenoxy) is 1. The lowest BCUT2D eigenvalue weighted by atomic mass is 10.2. The lowest BCUT2D eigenvalue weighted by Crippen LogP contribution is -2.18. The van der Waals surface area contributed by atoms with Gasteiger partial charge in [-0.2, -0.15) is 0 Å². The van der Waals surface area contributed by atoms with Crippen molar-refractivity contribution in [1.82, 2.24) is 0 Å². The number of phenols is 1. The maximum atomic E-state index is 11.6. The average Bonchev–Trinajstić information content (AvgIpc) is 2.33. The first-order valence-corrected chi connectivity index (χ1v) is 6.58. The van der Waals surface area contributed by atoms with Gasteiger partial charge in [-0.3, -0.25) is 4.79 Å². The van der Waals surface area contributed by atoms with Gasteiger partial charge in [-0.15, -0.1) is 11.8 Å².